The lowest BCUT2D eigenvalue weighted by molar-refractivity contribution is 0.114. The second-order valence-corrected chi connectivity index (χ2v) is 3.84. The Balaban J connectivity index is 2.18. The van der Waals surface area contributed by atoms with Crippen molar-refractivity contribution in [3.8, 4) is 0 Å². The van der Waals surface area contributed by atoms with Gasteiger partial charge < -0.3 is 15.2 Å². The zero-order chi connectivity index (χ0) is 10.4. The first-order chi connectivity index (χ1) is 6.74. The fraction of sp³-hybridized carbons (Fsp3) is 0.900. The van der Waals surface area contributed by atoms with Crippen molar-refractivity contribution in [3.05, 3.63) is 0 Å². The molecule has 1 atom stereocenters. The first-order valence-corrected chi connectivity index (χ1v) is 5.28. The van der Waals surface area contributed by atoms with Crippen LogP contribution in [-0.2, 0) is 4.74 Å². The number of ether oxygens (including phenoxy) is 1. The summed E-state index contributed by atoms with van der Waals surface area (Å²) >= 11 is 0. The van der Waals surface area contributed by atoms with Gasteiger partial charge in [-0.1, -0.05) is 12.8 Å². The molecule has 1 aliphatic carbocycles. The molecule has 0 radical (unpaired) electrons. The predicted molar refractivity (Wildman–Crippen MR) is 53.0 cm³/mol. The van der Waals surface area contributed by atoms with Gasteiger partial charge in [-0.2, -0.15) is 0 Å². The molecule has 0 saturated heterocycles. The fourth-order valence-electron chi connectivity index (χ4n) is 1.94. The van der Waals surface area contributed by atoms with Crippen LogP contribution in [0.15, 0.2) is 0 Å². The molecular formula is C10H19NO3. The van der Waals surface area contributed by atoms with Crippen molar-refractivity contribution in [2.45, 2.75) is 38.6 Å². The Morgan fingerprint density at radius 3 is 2.79 bits per heavy atom. The molecule has 1 rings (SSSR count). The van der Waals surface area contributed by atoms with E-state index in [0.717, 1.165) is 0 Å². The van der Waals surface area contributed by atoms with Crippen LogP contribution in [0.4, 0.5) is 4.79 Å². The Kier molecular flexibility index (Phi) is 4.73. The average Bonchev–Trinajstić information content (AvgIpc) is 2.67. The number of amides is 1. The maximum absolute atomic E-state index is 11.1. The van der Waals surface area contributed by atoms with E-state index in [1.54, 1.807) is 0 Å². The van der Waals surface area contributed by atoms with E-state index in [0.29, 0.717) is 5.92 Å². The van der Waals surface area contributed by atoms with Gasteiger partial charge >= 0.3 is 6.09 Å². The van der Waals surface area contributed by atoms with Gasteiger partial charge in [-0.05, 0) is 25.7 Å². The first kappa shape index (κ1) is 11.3. The standard InChI is InChI=1S/C10H19NO3/c1-8(9-4-2-3-5-9)11-10(13)14-7-6-12/h8-9,12H,2-7H2,1H3,(H,11,13)/t8-/m1/s1. The maximum Gasteiger partial charge on any atom is 0.407 e. The van der Waals surface area contributed by atoms with Crippen LogP contribution in [0.25, 0.3) is 0 Å². The number of aliphatic hydroxyl groups excluding tert-OH is 1. The predicted octanol–water partition coefficient (Wildman–Crippen LogP) is 1.28. The number of hydrogen-bond acceptors (Lipinski definition) is 3. The summed E-state index contributed by atoms with van der Waals surface area (Å²) in [7, 11) is 0. The van der Waals surface area contributed by atoms with Crippen LogP contribution < -0.4 is 5.32 Å². The second kappa shape index (κ2) is 5.86. The molecule has 0 bridgehead atoms. The van der Waals surface area contributed by atoms with E-state index in [9.17, 15) is 4.79 Å². The van der Waals surface area contributed by atoms with Crippen molar-refractivity contribution in [1.29, 1.82) is 0 Å². The smallest absolute Gasteiger partial charge is 0.407 e. The van der Waals surface area contributed by atoms with Crippen molar-refractivity contribution in [2.75, 3.05) is 13.2 Å². The number of aliphatic hydroxyl groups is 1. The van der Waals surface area contributed by atoms with E-state index >= 15 is 0 Å². The van der Waals surface area contributed by atoms with Crippen LogP contribution in [-0.4, -0.2) is 30.5 Å². The second-order valence-electron chi connectivity index (χ2n) is 3.84. The van der Waals surface area contributed by atoms with Crippen molar-refractivity contribution >= 4 is 6.09 Å². The van der Waals surface area contributed by atoms with Crippen molar-refractivity contribution in [2.24, 2.45) is 5.92 Å². The van der Waals surface area contributed by atoms with Gasteiger partial charge in [0.25, 0.3) is 0 Å². The zero-order valence-electron chi connectivity index (χ0n) is 8.66. The van der Waals surface area contributed by atoms with Gasteiger partial charge in [0.2, 0.25) is 0 Å². The summed E-state index contributed by atoms with van der Waals surface area (Å²) in [5.41, 5.74) is 0. The van der Waals surface area contributed by atoms with Crippen LogP contribution in [0.3, 0.4) is 0 Å². The Morgan fingerprint density at radius 1 is 1.57 bits per heavy atom. The van der Waals surface area contributed by atoms with Crippen molar-refractivity contribution in [1.82, 2.24) is 5.32 Å². The SMILES string of the molecule is C[C@@H](NC(=O)OCCO)C1CCCC1. The summed E-state index contributed by atoms with van der Waals surface area (Å²) < 4.78 is 4.72. The molecule has 82 valence electrons. The quantitative estimate of drug-likeness (QED) is 0.720. The topological polar surface area (TPSA) is 58.6 Å². The number of carbonyl (C=O) groups excluding carboxylic acids is 1. The molecule has 1 fully saturated rings. The largest absolute Gasteiger partial charge is 0.447 e. The van der Waals surface area contributed by atoms with Crippen LogP contribution >= 0.6 is 0 Å². The van der Waals surface area contributed by atoms with Crippen molar-refractivity contribution in [3.63, 3.8) is 0 Å². The highest BCUT2D eigenvalue weighted by atomic mass is 16.6. The van der Waals surface area contributed by atoms with Gasteiger partial charge in [0.1, 0.15) is 6.61 Å². The van der Waals surface area contributed by atoms with E-state index in [2.05, 4.69) is 5.32 Å². The molecule has 1 saturated carbocycles. The Labute approximate surface area is 84.6 Å². The molecule has 2 N–H and O–H groups in total. The van der Waals surface area contributed by atoms with Gasteiger partial charge in [-0.15, -0.1) is 0 Å². The van der Waals surface area contributed by atoms with Gasteiger partial charge in [-0.3, -0.25) is 0 Å². The highest BCUT2D eigenvalue weighted by molar-refractivity contribution is 5.67. The minimum atomic E-state index is -0.418. The van der Waals surface area contributed by atoms with Crippen molar-refractivity contribution < 1.29 is 14.6 Å². The molecule has 1 aliphatic rings. The molecule has 0 aliphatic heterocycles. The lowest BCUT2D eigenvalue weighted by Gasteiger charge is -2.19. The van der Waals surface area contributed by atoms with E-state index in [1.165, 1.54) is 25.7 Å². The van der Waals surface area contributed by atoms with Gasteiger partial charge in [-0.25, -0.2) is 4.79 Å². The molecule has 0 aromatic heterocycles. The minimum absolute atomic E-state index is 0.0726. The molecule has 4 nitrogen and oxygen atoms in total. The number of carbonyl (C=O) groups is 1. The van der Waals surface area contributed by atoms with E-state index in [1.807, 2.05) is 6.92 Å². The van der Waals surface area contributed by atoms with Crippen LogP contribution in [0.5, 0.6) is 0 Å². The third-order valence-corrected chi connectivity index (χ3v) is 2.78. The Morgan fingerprint density at radius 2 is 2.21 bits per heavy atom. The van der Waals surface area contributed by atoms with Gasteiger partial charge in [0.05, 0.1) is 6.61 Å². The zero-order valence-corrected chi connectivity index (χ0v) is 8.66. The number of alkyl carbamates (subject to hydrolysis) is 1. The summed E-state index contributed by atoms with van der Waals surface area (Å²) in [6, 6.07) is 0.184. The van der Waals surface area contributed by atoms with E-state index < -0.39 is 6.09 Å². The molecule has 0 unspecified atom stereocenters. The lowest BCUT2D eigenvalue weighted by atomic mass is 10.0. The average molecular weight is 201 g/mol. The minimum Gasteiger partial charge on any atom is -0.447 e. The van der Waals surface area contributed by atoms with E-state index in [-0.39, 0.29) is 19.3 Å². The summed E-state index contributed by atoms with van der Waals surface area (Å²) in [6.45, 7) is 1.96. The summed E-state index contributed by atoms with van der Waals surface area (Å²) in [6.07, 6.45) is 4.51. The highest BCUT2D eigenvalue weighted by Gasteiger charge is 2.22. The maximum atomic E-state index is 11.1. The van der Waals surface area contributed by atoms with Gasteiger partial charge in [0.15, 0.2) is 0 Å². The number of rotatable bonds is 4. The van der Waals surface area contributed by atoms with Crippen LogP contribution in [0.2, 0.25) is 0 Å². The molecule has 0 heterocycles. The third-order valence-electron chi connectivity index (χ3n) is 2.78. The van der Waals surface area contributed by atoms with Crippen LogP contribution in [0.1, 0.15) is 32.6 Å². The molecule has 0 aromatic carbocycles. The normalized spacial score (nSPS) is 19.3. The van der Waals surface area contributed by atoms with Crippen LogP contribution in [0, 0.1) is 5.92 Å². The van der Waals surface area contributed by atoms with E-state index in [4.69, 9.17) is 9.84 Å². The van der Waals surface area contributed by atoms with Gasteiger partial charge in [0, 0.05) is 6.04 Å². The summed E-state index contributed by atoms with van der Waals surface area (Å²) in [5.74, 6) is 0.594. The monoisotopic (exact) mass is 201 g/mol. The summed E-state index contributed by atoms with van der Waals surface area (Å²) in [4.78, 5) is 11.1. The molecular weight excluding hydrogens is 182 g/mol. The molecule has 4 heteroatoms. The number of nitrogens with one attached hydrogen (secondary N) is 1. The first-order valence-electron chi connectivity index (χ1n) is 5.28. The Bertz CT molecular complexity index is 178. The molecule has 0 spiro atoms. The third kappa shape index (κ3) is 3.54. The molecule has 0 aromatic rings. The molecule has 1 amide bonds. The molecule has 14 heavy (non-hydrogen) atoms. The highest BCUT2D eigenvalue weighted by Crippen LogP contribution is 2.27. The Hall–Kier alpha value is -0.770. The number of hydrogen-bond donors (Lipinski definition) is 2. The fourth-order valence-corrected chi connectivity index (χ4v) is 1.94. The summed E-state index contributed by atoms with van der Waals surface area (Å²) in [5, 5.41) is 11.2. The lowest BCUT2D eigenvalue weighted by Crippen LogP contribution is -2.37.